The van der Waals surface area contributed by atoms with E-state index in [1.807, 2.05) is 17.8 Å². The summed E-state index contributed by atoms with van der Waals surface area (Å²) in [6.45, 7) is 3.89. The summed E-state index contributed by atoms with van der Waals surface area (Å²) in [6, 6.07) is 0. The molecule has 5 heteroatoms. The molecule has 0 atom stereocenters. The number of hydrogen-bond acceptors (Lipinski definition) is 4. The molecule has 0 saturated carbocycles. The molecule has 0 aliphatic rings. The van der Waals surface area contributed by atoms with Gasteiger partial charge in [0.25, 0.3) is 0 Å². The molecule has 0 saturated heterocycles. The summed E-state index contributed by atoms with van der Waals surface area (Å²) in [7, 11) is 3.69. The maximum Gasteiger partial charge on any atom is 0.122 e. The molecule has 0 aliphatic carbocycles. The van der Waals surface area contributed by atoms with E-state index >= 15 is 0 Å². The minimum Gasteiger partial charge on any atom is -0.385 e. The van der Waals surface area contributed by atoms with E-state index in [2.05, 4.69) is 10.3 Å². The second kappa shape index (κ2) is 8.27. The molecule has 5 nitrogen and oxygen atoms in total. The van der Waals surface area contributed by atoms with Crippen molar-refractivity contribution in [3.05, 3.63) is 18.2 Å². The average Bonchev–Trinajstić information content (AvgIpc) is 2.68. The first-order valence-corrected chi connectivity index (χ1v) is 5.58. The fraction of sp³-hybridized carbons (Fsp3) is 0.727. The van der Waals surface area contributed by atoms with Crippen molar-refractivity contribution in [3.8, 4) is 0 Å². The van der Waals surface area contributed by atoms with Gasteiger partial charge in [-0.15, -0.1) is 0 Å². The number of methoxy groups -OCH3 is 1. The van der Waals surface area contributed by atoms with Gasteiger partial charge < -0.3 is 19.4 Å². The minimum atomic E-state index is 0.730. The monoisotopic (exact) mass is 227 g/mol. The fourth-order valence-corrected chi connectivity index (χ4v) is 1.32. The molecule has 92 valence electrons. The Morgan fingerprint density at radius 1 is 1.38 bits per heavy atom. The molecule has 0 fully saturated rings. The third-order valence-electron chi connectivity index (χ3n) is 2.26. The van der Waals surface area contributed by atoms with E-state index in [4.69, 9.17) is 9.47 Å². The van der Waals surface area contributed by atoms with E-state index in [1.165, 1.54) is 0 Å². The number of nitrogens with one attached hydrogen (secondary N) is 1. The van der Waals surface area contributed by atoms with Gasteiger partial charge in [0.1, 0.15) is 5.82 Å². The highest BCUT2D eigenvalue weighted by Gasteiger charge is 1.97. The zero-order valence-electron chi connectivity index (χ0n) is 10.1. The van der Waals surface area contributed by atoms with Gasteiger partial charge in [-0.1, -0.05) is 0 Å². The molecule has 0 amide bonds. The van der Waals surface area contributed by atoms with Crippen molar-refractivity contribution in [1.29, 1.82) is 0 Å². The van der Waals surface area contributed by atoms with Crippen LogP contribution in [0.4, 0.5) is 0 Å². The predicted molar refractivity (Wildman–Crippen MR) is 62.2 cm³/mol. The number of aryl methyl sites for hydroxylation is 1. The third kappa shape index (κ3) is 5.25. The van der Waals surface area contributed by atoms with Crippen LogP contribution in [0.25, 0.3) is 0 Å². The van der Waals surface area contributed by atoms with Crippen LogP contribution in [0.1, 0.15) is 12.2 Å². The van der Waals surface area contributed by atoms with Crippen LogP contribution in [0, 0.1) is 0 Å². The van der Waals surface area contributed by atoms with Crippen molar-refractivity contribution < 1.29 is 9.47 Å². The first-order chi connectivity index (χ1) is 7.84. The van der Waals surface area contributed by atoms with Crippen molar-refractivity contribution >= 4 is 0 Å². The lowest BCUT2D eigenvalue weighted by Crippen LogP contribution is -2.21. The van der Waals surface area contributed by atoms with Crippen molar-refractivity contribution in [3.63, 3.8) is 0 Å². The standard InChI is InChI=1S/C11H21N3O2/c1-14-6-4-13-11(14)10-12-5-9-16-8-3-7-15-2/h4,6,12H,3,5,7-10H2,1-2H3. The first kappa shape index (κ1) is 13.2. The Balaban J connectivity index is 1.91. The summed E-state index contributed by atoms with van der Waals surface area (Å²) >= 11 is 0. The number of rotatable bonds is 9. The Labute approximate surface area is 96.8 Å². The molecule has 1 rings (SSSR count). The lowest BCUT2D eigenvalue weighted by atomic mass is 10.5. The molecular weight excluding hydrogens is 206 g/mol. The summed E-state index contributed by atoms with van der Waals surface area (Å²) in [5, 5.41) is 3.28. The van der Waals surface area contributed by atoms with E-state index in [-0.39, 0.29) is 0 Å². The maximum atomic E-state index is 5.42. The molecule has 1 N–H and O–H groups in total. The van der Waals surface area contributed by atoms with Gasteiger partial charge in [-0.2, -0.15) is 0 Å². The van der Waals surface area contributed by atoms with E-state index < -0.39 is 0 Å². The SMILES string of the molecule is COCCCOCCNCc1nccn1C. The first-order valence-electron chi connectivity index (χ1n) is 5.58. The number of aromatic nitrogens is 2. The normalized spacial score (nSPS) is 10.9. The minimum absolute atomic E-state index is 0.730. The van der Waals surface area contributed by atoms with Crippen molar-refractivity contribution in [1.82, 2.24) is 14.9 Å². The van der Waals surface area contributed by atoms with Gasteiger partial charge in [-0.05, 0) is 6.42 Å². The molecule has 1 aromatic heterocycles. The van der Waals surface area contributed by atoms with Gasteiger partial charge in [0.15, 0.2) is 0 Å². The highest BCUT2D eigenvalue weighted by atomic mass is 16.5. The van der Waals surface area contributed by atoms with Gasteiger partial charge in [0.05, 0.1) is 13.2 Å². The highest BCUT2D eigenvalue weighted by molar-refractivity contribution is 4.90. The Hall–Kier alpha value is -0.910. The molecule has 0 radical (unpaired) electrons. The molecule has 1 aromatic rings. The van der Waals surface area contributed by atoms with E-state index in [9.17, 15) is 0 Å². The number of hydrogen-bond donors (Lipinski definition) is 1. The topological polar surface area (TPSA) is 48.3 Å². The van der Waals surface area contributed by atoms with Crippen molar-refractivity contribution in [2.75, 3.05) is 33.5 Å². The van der Waals surface area contributed by atoms with Crippen LogP contribution in [0.15, 0.2) is 12.4 Å². The van der Waals surface area contributed by atoms with E-state index in [0.717, 1.165) is 45.2 Å². The zero-order chi connectivity index (χ0) is 11.6. The van der Waals surface area contributed by atoms with Crippen molar-refractivity contribution in [2.24, 2.45) is 7.05 Å². The summed E-state index contributed by atoms with van der Waals surface area (Å²) in [5.74, 6) is 1.04. The van der Waals surface area contributed by atoms with Gasteiger partial charge in [-0.25, -0.2) is 4.98 Å². The fourth-order valence-electron chi connectivity index (χ4n) is 1.32. The van der Waals surface area contributed by atoms with E-state index in [0.29, 0.717) is 0 Å². The van der Waals surface area contributed by atoms with Crippen LogP contribution < -0.4 is 5.32 Å². The van der Waals surface area contributed by atoms with Crippen LogP contribution in [0.2, 0.25) is 0 Å². The molecule has 16 heavy (non-hydrogen) atoms. The lowest BCUT2D eigenvalue weighted by molar-refractivity contribution is 0.104. The predicted octanol–water partition coefficient (Wildman–Crippen LogP) is 0.563. The lowest BCUT2D eigenvalue weighted by Gasteiger charge is -2.06. The molecule has 0 unspecified atom stereocenters. The Bertz CT molecular complexity index is 276. The quantitative estimate of drug-likeness (QED) is 0.626. The van der Waals surface area contributed by atoms with Crippen LogP contribution in [-0.4, -0.2) is 43.0 Å². The van der Waals surface area contributed by atoms with Gasteiger partial charge in [0.2, 0.25) is 0 Å². The second-order valence-corrected chi connectivity index (χ2v) is 3.59. The molecule has 0 aromatic carbocycles. The number of nitrogens with zero attached hydrogens (tertiary/aromatic N) is 2. The van der Waals surface area contributed by atoms with Crippen LogP contribution >= 0.6 is 0 Å². The van der Waals surface area contributed by atoms with Crippen molar-refractivity contribution in [2.45, 2.75) is 13.0 Å². The Morgan fingerprint density at radius 2 is 2.25 bits per heavy atom. The molecule has 0 spiro atoms. The second-order valence-electron chi connectivity index (χ2n) is 3.59. The zero-order valence-corrected chi connectivity index (χ0v) is 10.1. The van der Waals surface area contributed by atoms with Crippen LogP contribution in [-0.2, 0) is 23.1 Å². The summed E-state index contributed by atoms with van der Waals surface area (Å²) in [5.41, 5.74) is 0. The van der Waals surface area contributed by atoms with Gasteiger partial charge in [0, 0.05) is 46.3 Å². The van der Waals surface area contributed by atoms with Crippen LogP contribution in [0.5, 0.6) is 0 Å². The van der Waals surface area contributed by atoms with Gasteiger partial charge >= 0.3 is 0 Å². The third-order valence-corrected chi connectivity index (χ3v) is 2.26. The molecular formula is C11H21N3O2. The van der Waals surface area contributed by atoms with E-state index in [1.54, 1.807) is 13.3 Å². The summed E-state index contributed by atoms with van der Waals surface area (Å²) in [6.07, 6.45) is 4.70. The molecule has 0 aliphatic heterocycles. The summed E-state index contributed by atoms with van der Waals surface area (Å²) in [4.78, 5) is 4.22. The largest absolute Gasteiger partial charge is 0.385 e. The Morgan fingerprint density at radius 3 is 2.94 bits per heavy atom. The Kier molecular flexibility index (Phi) is 6.80. The van der Waals surface area contributed by atoms with Crippen LogP contribution in [0.3, 0.4) is 0 Å². The maximum absolute atomic E-state index is 5.42. The molecule has 1 heterocycles. The van der Waals surface area contributed by atoms with Gasteiger partial charge in [-0.3, -0.25) is 0 Å². The highest BCUT2D eigenvalue weighted by Crippen LogP contribution is 1.92. The average molecular weight is 227 g/mol. The number of ether oxygens (including phenoxy) is 2. The summed E-state index contributed by atoms with van der Waals surface area (Å²) < 4.78 is 12.3. The molecule has 0 bridgehead atoms. The smallest absolute Gasteiger partial charge is 0.122 e. The number of imidazole rings is 1.